The van der Waals surface area contributed by atoms with Gasteiger partial charge in [-0.3, -0.25) is 18.9 Å². The van der Waals surface area contributed by atoms with Crippen LogP contribution in [-0.4, -0.2) is 19.2 Å². The summed E-state index contributed by atoms with van der Waals surface area (Å²) in [5.41, 5.74) is 0.445. The number of H-pyrrole nitrogens is 1. The van der Waals surface area contributed by atoms with Crippen LogP contribution in [0.5, 0.6) is 0 Å². The van der Waals surface area contributed by atoms with E-state index in [4.69, 9.17) is 12.2 Å². The van der Waals surface area contributed by atoms with Gasteiger partial charge in [-0.15, -0.1) is 5.10 Å². The number of halogens is 1. The number of hydrogen-bond donors (Lipinski definition) is 1. The molecule has 2 aromatic heterocycles. The Morgan fingerprint density at radius 3 is 2.67 bits per heavy atom. The van der Waals surface area contributed by atoms with E-state index in [0.29, 0.717) is 10.5 Å². The number of nitrogens with one attached hydrogen (secondary N) is 1. The number of fused-ring (bicyclic) bond motifs is 1. The molecule has 0 spiro atoms. The molecule has 0 aliphatic heterocycles. The standard InChI is InChI=1S/C11H7FN4OS/c12-7-1-3-8(4-2-7)15-5-6-16-9(10(15)17)13-14-11(16)18/h1-6H,(H,14,18). The van der Waals surface area contributed by atoms with Gasteiger partial charge in [-0.05, 0) is 36.5 Å². The summed E-state index contributed by atoms with van der Waals surface area (Å²) in [5, 5.41) is 6.41. The first-order chi connectivity index (χ1) is 8.66. The molecule has 3 aromatic rings. The molecule has 18 heavy (non-hydrogen) atoms. The molecule has 0 amide bonds. The quantitative estimate of drug-likeness (QED) is 0.679. The lowest BCUT2D eigenvalue weighted by Gasteiger charge is -2.05. The van der Waals surface area contributed by atoms with Gasteiger partial charge in [0.1, 0.15) is 5.82 Å². The Bertz CT molecular complexity index is 831. The Morgan fingerprint density at radius 1 is 1.22 bits per heavy atom. The fraction of sp³-hybridized carbons (Fsp3) is 0. The molecule has 0 saturated carbocycles. The lowest BCUT2D eigenvalue weighted by molar-refractivity contribution is 0.627. The molecule has 0 radical (unpaired) electrons. The van der Waals surface area contributed by atoms with Crippen LogP contribution in [0.2, 0.25) is 0 Å². The highest BCUT2D eigenvalue weighted by atomic mass is 32.1. The third-order valence-electron chi connectivity index (χ3n) is 2.58. The van der Waals surface area contributed by atoms with Crippen molar-refractivity contribution in [2.24, 2.45) is 0 Å². The summed E-state index contributed by atoms with van der Waals surface area (Å²) >= 11 is 4.97. The van der Waals surface area contributed by atoms with Gasteiger partial charge in [-0.25, -0.2) is 4.39 Å². The zero-order valence-electron chi connectivity index (χ0n) is 9.00. The molecule has 5 nitrogen and oxygen atoms in total. The summed E-state index contributed by atoms with van der Waals surface area (Å²) in [5.74, 6) is -0.352. The van der Waals surface area contributed by atoms with Crippen molar-refractivity contribution < 1.29 is 4.39 Å². The lowest BCUT2D eigenvalue weighted by Crippen LogP contribution is -2.20. The van der Waals surface area contributed by atoms with Crippen molar-refractivity contribution in [3.8, 4) is 5.69 Å². The first kappa shape index (κ1) is 10.8. The van der Waals surface area contributed by atoms with E-state index in [2.05, 4.69) is 10.2 Å². The van der Waals surface area contributed by atoms with E-state index < -0.39 is 0 Å². The van der Waals surface area contributed by atoms with Crippen LogP contribution in [-0.2, 0) is 0 Å². The fourth-order valence-corrected chi connectivity index (χ4v) is 1.90. The monoisotopic (exact) mass is 262 g/mol. The Morgan fingerprint density at radius 2 is 1.94 bits per heavy atom. The Balaban J connectivity index is 2.30. The van der Waals surface area contributed by atoms with Gasteiger partial charge in [0.15, 0.2) is 4.77 Å². The van der Waals surface area contributed by atoms with E-state index in [1.807, 2.05) is 0 Å². The molecule has 1 N–H and O–H groups in total. The lowest BCUT2D eigenvalue weighted by atomic mass is 10.3. The highest BCUT2D eigenvalue weighted by molar-refractivity contribution is 7.71. The second kappa shape index (κ2) is 3.88. The van der Waals surface area contributed by atoms with Crippen molar-refractivity contribution in [3.63, 3.8) is 0 Å². The molecular formula is C11H7FN4OS. The smallest absolute Gasteiger partial charge is 0.280 e. The first-order valence-electron chi connectivity index (χ1n) is 5.11. The van der Waals surface area contributed by atoms with Gasteiger partial charge in [0.05, 0.1) is 0 Å². The number of hydrogen-bond acceptors (Lipinski definition) is 3. The van der Waals surface area contributed by atoms with Crippen molar-refractivity contribution in [1.29, 1.82) is 0 Å². The van der Waals surface area contributed by atoms with Crippen LogP contribution in [0.4, 0.5) is 4.39 Å². The van der Waals surface area contributed by atoms with Crippen LogP contribution >= 0.6 is 12.2 Å². The number of aromatic nitrogens is 4. The van der Waals surface area contributed by atoms with Crippen LogP contribution < -0.4 is 5.56 Å². The van der Waals surface area contributed by atoms with Crippen LogP contribution in [0.1, 0.15) is 0 Å². The average molecular weight is 262 g/mol. The van der Waals surface area contributed by atoms with Gasteiger partial charge in [0, 0.05) is 18.1 Å². The maximum Gasteiger partial charge on any atom is 0.300 e. The minimum absolute atomic E-state index is 0.201. The van der Waals surface area contributed by atoms with Crippen LogP contribution in [0, 0.1) is 10.6 Å². The third-order valence-corrected chi connectivity index (χ3v) is 2.87. The van der Waals surface area contributed by atoms with Crippen molar-refractivity contribution >= 4 is 17.9 Å². The summed E-state index contributed by atoms with van der Waals surface area (Å²) in [6, 6.07) is 5.63. The van der Waals surface area contributed by atoms with Crippen LogP contribution in [0.25, 0.3) is 11.3 Å². The number of aromatic amines is 1. The Labute approximate surface area is 105 Å². The molecule has 7 heteroatoms. The molecular weight excluding hydrogens is 255 g/mol. The summed E-state index contributed by atoms with van der Waals surface area (Å²) in [6.45, 7) is 0. The molecule has 90 valence electrons. The SMILES string of the molecule is O=c1c2n[nH]c(=S)n2ccn1-c1ccc(F)cc1. The molecule has 0 atom stereocenters. The molecule has 0 bridgehead atoms. The molecule has 1 aromatic carbocycles. The van der Waals surface area contributed by atoms with Gasteiger partial charge in [0.2, 0.25) is 5.65 Å². The van der Waals surface area contributed by atoms with E-state index >= 15 is 0 Å². The largest absolute Gasteiger partial charge is 0.300 e. The molecule has 0 unspecified atom stereocenters. The molecule has 2 heterocycles. The summed E-state index contributed by atoms with van der Waals surface area (Å²) in [7, 11) is 0. The molecule has 3 rings (SSSR count). The minimum Gasteiger partial charge on any atom is -0.280 e. The zero-order chi connectivity index (χ0) is 12.7. The number of rotatable bonds is 1. The summed E-state index contributed by atoms with van der Waals surface area (Å²) in [6.07, 6.45) is 3.19. The summed E-state index contributed by atoms with van der Waals surface area (Å²) < 4.78 is 16.1. The van der Waals surface area contributed by atoms with Gasteiger partial charge in [0.25, 0.3) is 0 Å². The number of nitrogens with zero attached hydrogens (tertiary/aromatic N) is 3. The Hall–Kier alpha value is -2.28. The van der Waals surface area contributed by atoms with E-state index in [0.717, 1.165) is 0 Å². The van der Waals surface area contributed by atoms with Gasteiger partial charge >= 0.3 is 5.56 Å². The zero-order valence-corrected chi connectivity index (χ0v) is 9.82. The van der Waals surface area contributed by atoms with E-state index in [1.54, 1.807) is 12.4 Å². The Kier molecular flexibility index (Phi) is 2.34. The second-order valence-electron chi connectivity index (χ2n) is 3.67. The normalized spacial score (nSPS) is 10.9. The maximum atomic E-state index is 12.8. The third kappa shape index (κ3) is 1.56. The first-order valence-corrected chi connectivity index (χ1v) is 5.52. The summed E-state index contributed by atoms with van der Waals surface area (Å²) in [4.78, 5) is 12.1. The predicted molar refractivity (Wildman–Crippen MR) is 65.9 cm³/mol. The maximum absolute atomic E-state index is 12.8. The van der Waals surface area contributed by atoms with E-state index in [-0.39, 0.29) is 17.0 Å². The highest BCUT2D eigenvalue weighted by Crippen LogP contribution is 2.07. The van der Waals surface area contributed by atoms with Crippen LogP contribution in [0.3, 0.4) is 0 Å². The molecule has 0 aliphatic carbocycles. The van der Waals surface area contributed by atoms with Crippen molar-refractivity contribution in [2.45, 2.75) is 0 Å². The van der Waals surface area contributed by atoms with Crippen molar-refractivity contribution in [3.05, 3.63) is 57.6 Å². The van der Waals surface area contributed by atoms with Gasteiger partial charge in [-0.2, -0.15) is 0 Å². The van der Waals surface area contributed by atoms with E-state index in [9.17, 15) is 9.18 Å². The van der Waals surface area contributed by atoms with Crippen molar-refractivity contribution in [1.82, 2.24) is 19.2 Å². The second-order valence-corrected chi connectivity index (χ2v) is 4.06. The predicted octanol–water partition coefficient (Wildman–Crippen LogP) is 1.68. The fourth-order valence-electron chi connectivity index (χ4n) is 1.71. The van der Waals surface area contributed by atoms with Crippen molar-refractivity contribution in [2.75, 3.05) is 0 Å². The average Bonchev–Trinajstić information content (AvgIpc) is 2.74. The van der Waals surface area contributed by atoms with Gasteiger partial charge < -0.3 is 0 Å². The minimum atomic E-state index is -0.352. The molecule has 0 fully saturated rings. The number of benzene rings is 1. The molecule has 0 saturated heterocycles. The topological polar surface area (TPSA) is 55.1 Å². The van der Waals surface area contributed by atoms with E-state index in [1.165, 1.54) is 33.2 Å². The molecule has 0 aliphatic rings. The van der Waals surface area contributed by atoms with Crippen LogP contribution in [0.15, 0.2) is 41.5 Å². The van der Waals surface area contributed by atoms with Gasteiger partial charge in [-0.1, -0.05) is 0 Å². The highest BCUT2D eigenvalue weighted by Gasteiger charge is 2.07.